The zero-order valence-corrected chi connectivity index (χ0v) is 18.3. The first-order valence-corrected chi connectivity index (χ1v) is 10.1. The Hall–Kier alpha value is -3.22. The predicted octanol–water partition coefficient (Wildman–Crippen LogP) is -1.35. The van der Waals surface area contributed by atoms with Gasteiger partial charge in [0, 0.05) is 12.8 Å². The van der Waals surface area contributed by atoms with Crippen LogP contribution in [-0.4, -0.2) is 75.1 Å². The van der Waals surface area contributed by atoms with E-state index in [9.17, 15) is 33.9 Å². The summed E-state index contributed by atoms with van der Waals surface area (Å²) in [5.41, 5.74) is 5.81. The molecule has 32 heavy (non-hydrogen) atoms. The summed E-state index contributed by atoms with van der Waals surface area (Å²) in [5.74, 6) is -6.52. The number of carboxylic acid groups (broad SMARTS) is 3. The maximum Gasteiger partial charge on any atom is 0.326 e. The molecule has 0 bridgehead atoms. The van der Waals surface area contributed by atoms with E-state index in [1.165, 1.54) is 6.92 Å². The number of carbonyl (C=O) groups excluding carboxylic acids is 3. The lowest BCUT2D eigenvalue weighted by Gasteiger charge is -2.24. The van der Waals surface area contributed by atoms with Crippen LogP contribution in [0, 0.1) is 5.92 Å². The van der Waals surface area contributed by atoms with Crippen LogP contribution in [0.15, 0.2) is 0 Å². The Morgan fingerprint density at radius 1 is 0.750 bits per heavy atom. The number of carbonyl (C=O) groups is 6. The van der Waals surface area contributed by atoms with Gasteiger partial charge in [-0.1, -0.05) is 20.3 Å². The topological polar surface area (TPSA) is 225 Å². The molecule has 0 aromatic rings. The van der Waals surface area contributed by atoms with E-state index in [0.29, 0.717) is 6.42 Å². The van der Waals surface area contributed by atoms with E-state index in [1.807, 2.05) is 6.92 Å². The van der Waals surface area contributed by atoms with Crippen molar-refractivity contribution in [2.24, 2.45) is 11.7 Å². The normalized spacial score (nSPS) is 15.4. The Kier molecular flexibility index (Phi) is 12.6. The molecule has 13 heteroatoms. The number of rotatable bonds is 15. The van der Waals surface area contributed by atoms with Gasteiger partial charge in [0.15, 0.2) is 0 Å². The van der Waals surface area contributed by atoms with E-state index in [1.54, 1.807) is 6.92 Å². The lowest BCUT2D eigenvalue weighted by Crippen LogP contribution is -2.56. The van der Waals surface area contributed by atoms with Gasteiger partial charge in [-0.2, -0.15) is 0 Å². The van der Waals surface area contributed by atoms with Gasteiger partial charge in [0.05, 0.1) is 6.04 Å². The molecule has 0 radical (unpaired) electrons. The van der Waals surface area contributed by atoms with Crippen LogP contribution < -0.4 is 21.7 Å². The standard InChI is InChI=1S/C19H32N4O9/c1-4-9(2)15(20)18(30)21-10(3)16(28)22-11(5-7-13(24)25)17(29)23-12(19(31)32)6-8-14(26)27/h9-12,15H,4-8,20H2,1-3H3,(H,21,30)(H,22,28)(H,23,29)(H,24,25)(H,26,27)(H,31,32)/t9-,10-,11-,12-,15-/m0/s1. The predicted molar refractivity (Wildman–Crippen MR) is 110 cm³/mol. The highest BCUT2D eigenvalue weighted by atomic mass is 16.4. The van der Waals surface area contributed by atoms with Crippen LogP contribution >= 0.6 is 0 Å². The number of nitrogens with one attached hydrogen (secondary N) is 3. The van der Waals surface area contributed by atoms with Crippen LogP contribution in [-0.2, 0) is 28.8 Å². The first kappa shape index (κ1) is 28.8. The first-order chi connectivity index (χ1) is 14.8. The minimum atomic E-state index is -1.55. The summed E-state index contributed by atoms with van der Waals surface area (Å²) in [6.07, 6.45) is -1.16. The summed E-state index contributed by atoms with van der Waals surface area (Å²) in [7, 11) is 0. The van der Waals surface area contributed by atoms with Gasteiger partial charge in [0.1, 0.15) is 18.1 Å². The minimum absolute atomic E-state index is 0.141. The summed E-state index contributed by atoms with van der Waals surface area (Å²) in [4.78, 5) is 69.9. The zero-order valence-electron chi connectivity index (χ0n) is 18.3. The highest BCUT2D eigenvalue weighted by Crippen LogP contribution is 2.06. The molecule has 182 valence electrons. The van der Waals surface area contributed by atoms with Crippen LogP contribution in [0.25, 0.3) is 0 Å². The fourth-order valence-corrected chi connectivity index (χ4v) is 2.52. The van der Waals surface area contributed by atoms with E-state index in [-0.39, 0.29) is 12.3 Å². The molecule has 0 heterocycles. The van der Waals surface area contributed by atoms with E-state index >= 15 is 0 Å². The van der Waals surface area contributed by atoms with Gasteiger partial charge in [-0.3, -0.25) is 24.0 Å². The zero-order chi connectivity index (χ0) is 25.0. The Morgan fingerprint density at radius 3 is 1.66 bits per heavy atom. The summed E-state index contributed by atoms with van der Waals surface area (Å²) in [6, 6.07) is -4.94. The van der Waals surface area contributed by atoms with Crippen molar-refractivity contribution in [1.82, 2.24) is 16.0 Å². The second kappa shape index (κ2) is 14.0. The van der Waals surface area contributed by atoms with Crippen molar-refractivity contribution in [1.29, 1.82) is 0 Å². The highest BCUT2D eigenvalue weighted by molar-refractivity contribution is 5.94. The van der Waals surface area contributed by atoms with Gasteiger partial charge in [-0.25, -0.2) is 4.79 Å². The van der Waals surface area contributed by atoms with Crippen molar-refractivity contribution in [3.8, 4) is 0 Å². The molecule has 3 amide bonds. The number of carboxylic acids is 3. The molecular weight excluding hydrogens is 428 g/mol. The lowest BCUT2D eigenvalue weighted by molar-refractivity contribution is -0.144. The number of hydrogen-bond acceptors (Lipinski definition) is 7. The van der Waals surface area contributed by atoms with E-state index in [4.69, 9.17) is 15.9 Å². The molecule has 0 aromatic heterocycles. The molecule has 0 aromatic carbocycles. The van der Waals surface area contributed by atoms with Crippen molar-refractivity contribution in [3.05, 3.63) is 0 Å². The SMILES string of the molecule is CC[C@H](C)[C@H](N)C(=O)N[C@@H](C)C(=O)N[C@@H](CCC(=O)O)C(=O)N[C@@H](CCC(=O)O)C(=O)O. The van der Waals surface area contributed by atoms with Crippen molar-refractivity contribution in [2.75, 3.05) is 0 Å². The van der Waals surface area contributed by atoms with E-state index in [0.717, 1.165) is 0 Å². The van der Waals surface area contributed by atoms with Gasteiger partial charge >= 0.3 is 17.9 Å². The summed E-state index contributed by atoms with van der Waals surface area (Å²) >= 11 is 0. The maximum atomic E-state index is 12.5. The average Bonchev–Trinajstić information content (AvgIpc) is 2.71. The molecule has 0 aliphatic rings. The van der Waals surface area contributed by atoms with Crippen LogP contribution in [0.2, 0.25) is 0 Å². The van der Waals surface area contributed by atoms with Gasteiger partial charge in [0.2, 0.25) is 17.7 Å². The van der Waals surface area contributed by atoms with Crippen LogP contribution in [0.5, 0.6) is 0 Å². The molecule has 0 spiro atoms. The fourth-order valence-electron chi connectivity index (χ4n) is 2.52. The number of nitrogens with two attached hydrogens (primary N) is 1. The molecule has 5 atom stereocenters. The van der Waals surface area contributed by atoms with Gasteiger partial charge in [-0.15, -0.1) is 0 Å². The molecule has 0 saturated heterocycles. The molecular formula is C19H32N4O9. The molecule has 0 unspecified atom stereocenters. The van der Waals surface area contributed by atoms with Crippen molar-refractivity contribution < 1.29 is 44.1 Å². The largest absolute Gasteiger partial charge is 0.481 e. The molecule has 0 rings (SSSR count). The maximum absolute atomic E-state index is 12.5. The molecule has 0 aliphatic heterocycles. The second-order valence-electron chi connectivity index (χ2n) is 7.47. The smallest absolute Gasteiger partial charge is 0.326 e. The molecule has 0 saturated carbocycles. The molecule has 0 aliphatic carbocycles. The monoisotopic (exact) mass is 460 g/mol. The average molecular weight is 460 g/mol. The minimum Gasteiger partial charge on any atom is -0.481 e. The Morgan fingerprint density at radius 2 is 1.22 bits per heavy atom. The van der Waals surface area contributed by atoms with E-state index in [2.05, 4.69) is 16.0 Å². The quantitative estimate of drug-likeness (QED) is 0.152. The van der Waals surface area contributed by atoms with Crippen molar-refractivity contribution >= 4 is 35.6 Å². The van der Waals surface area contributed by atoms with E-state index < -0.39 is 79.1 Å². The Balaban J connectivity index is 5.23. The highest BCUT2D eigenvalue weighted by Gasteiger charge is 2.30. The van der Waals surface area contributed by atoms with Gasteiger partial charge < -0.3 is 37.0 Å². The van der Waals surface area contributed by atoms with Gasteiger partial charge in [-0.05, 0) is 25.7 Å². The van der Waals surface area contributed by atoms with Crippen LogP contribution in [0.4, 0.5) is 0 Å². The molecule has 8 N–H and O–H groups in total. The third kappa shape index (κ3) is 10.7. The van der Waals surface area contributed by atoms with Crippen molar-refractivity contribution in [2.45, 2.75) is 77.0 Å². The Bertz CT molecular complexity index is 713. The second-order valence-corrected chi connectivity index (χ2v) is 7.47. The fraction of sp³-hybridized carbons (Fsp3) is 0.684. The van der Waals surface area contributed by atoms with Crippen LogP contribution in [0.1, 0.15) is 52.9 Å². The van der Waals surface area contributed by atoms with Gasteiger partial charge in [0.25, 0.3) is 0 Å². The Labute approximate surface area is 185 Å². The molecule has 0 fully saturated rings. The summed E-state index contributed by atoms with van der Waals surface area (Å²) in [5, 5.41) is 33.6. The number of aliphatic carboxylic acids is 3. The third-order valence-electron chi connectivity index (χ3n) is 4.85. The van der Waals surface area contributed by atoms with Crippen molar-refractivity contribution in [3.63, 3.8) is 0 Å². The first-order valence-electron chi connectivity index (χ1n) is 10.1. The lowest BCUT2D eigenvalue weighted by atomic mass is 9.99. The summed E-state index contributed by atoms with van der Waals surface area (Å²) in [6.45, 7) is 4.96. The molecule has 13 nitrogen and oxygen atoms in total. The number of amides is 3. The summed E-state index contributed by atoms with van der Waals surface area (Å²) < 4.78 is 0. The van der Waals surface area contributed by atoms with Crippen LogP contribution in [0.3, 0.4) is 0 Å². The number of hydrogen-bond donors (Lipinski definition) is 7. The third-order valence-corrected chi connectivity index (χ3v) is 4.85.